The molecule has 0 amide bonds. The van der Waals surface area contributed by atoms with Crippen LogP contribution in [0.1, 0.15) is 25.7 Å². The number of rotatable bonds is 7. The number of nitrogens with zero attached hydrogens (tertiary/aromatic N) is 4. The van der Waals surface area contributed by atoms with Crippen LogP contribution in [0.2, 0.25) is 0 Å². The van der Waals surface area contributed by atoms with E-state index in [1.807, 2.05) is 15.4 Å². The van der Waals surface area contributed by atoms with Crippen molar-refractivity contribution in [1.82, 2.24) is 19.6 Å². The molecule has 4 aromatic rings. The van der Waals surface area contributed by atoms with Crippen LogP contribution in [0.4, 0.5) is 8.78 Å². The van der Waals surface area contributed by atoms with E-state index in [0.717, 1.165) is 78.8 Å². The standard InChI is InChI=1S/C24H22F2I2N4/c25-15-1-3-21-19(11-15)24(28)32(29-21)8-6-14-10-18(14)17-9-13(17)5-7-31-22-4-2-16(26)12-20(22)23(27)30-31/h1-4,11-14,17-18H,5-10H2. The van der Waals surface area contributed by atoms with E-state index >= 15 is 0 Å². The first kappa shape index (κ1) is 21.2. The summed E-state index contributed by atoms with van der Waals surface area (Å²) in [4.78, 5) is 0. The molecule has 0 aliphatic heterocycles. The van der Waals surface area contributed by atoms with Gasteiger partial charge in [-0.15, -0.1) is 0 Å². The molecule has 2 aromatic carbocycles. The van der Waals surface area contributed by atoms with Crippen molar-refractivity contribution in [2.75, 3.05) is 0 Å². The molecule has 0 saturated heterocycles. The topological polar surface area (TPSA) is 35.6 Å². The Balaban J connectivity index is 1.02. The quantitative estimate of drug-likeness (QED) is 0.209. The van der Waals surface area contributed by atoms with Crippen molar-refractivity contribution < 1.29 is 8.78 Å². The van der Waals surface area contributed by atoms with Crippen LogP contribution in [0.25, 0.3) is 21.8 Å². The third kappa shape index (κ3) is 3.95. The maximum absolute atomic E-state index is 13.5. The fraction of sp³-hybridized carbons (Fsp3) is 0.417. The van der Waals surface area contributed by atoms with Gasteiger partial charge in [0.05, 0.1) is 11.0 Å². The molecule has 2 saturated carbocycles. The van der Waals surface area contributed by atoms with Gasteiger partial charge in [-0.05, 0) is 131 Å². The van der Waals surface area contributed by atoms with Gasteiger partial charge in [-0.2, -0.15) is 10.2 Å². The largest absolute Gasteiger partial charge is 0.264 e. The minimum atomic E-state index is -0.206. The Kier molecular flexibility index (Phi) is 5.43. The fourth-order valence-electron chi connectivity index (χ4n) is 5.34. The summed E-state index contributed by atoms with van der Waals surface area (Å²) in [6, 6.07) is 9.76. The second kappa shape index (κ2) is 8.18. The number of benzene rings is 2. The van der Waals surface area contributed by atoms with Gasteiger partial charge < -0.3 is 0 Å². The number of fused-ring (bicyclic) bond motifs is 2. The van der Waals surface area contributed by atoms with Crippen molar-refractivity contribution in [2.24, 2.45) is 23.7 Å². The Morgan fingerprint density at radius 3 is 2.16 bits per heavy atom. The number of aryl methyl sites for hydroxylation is 2. The first-order chi connectivity index (χ1) is 15.5. The monoisotopic (exact) mass is 658 g/mol. The molecule has 0 spiro atoms. The predicted octanol–water partition coefficient (Wildman–Crippen LogP) is 6.63. The molecule has 4 nitrogen and oxygen atoms in total. The second-order valence-corrected chi connectivity index (χ2v) is 11.3. The molecule has 2 fully saturated rings. The summed E-state index contributed by atoms with van der Waals surface area (Å²) in [5.41, 5.74) is 1.90. The van der Waals surface area contributed by atoms with E-state index in [-0.39, 0.29) is 11.6 Å². The zero-order chi connectivity index (χ0) is 22.0. The maximum Gasteiger partial charge on any atom is 0.131 e. The summed E-state index contributed by atoms with van der Waals surface area (Å²) in [6.07, 6.45) is 4.95. The van der Waals surface area contributed by atoms with Crippen LogP contribution in [-0.4, -0.2) is 19.6 Å². The van der Waals surface area contributed by atoms with Crippen molar-refractivity contribution in [3.05, 3.63) is 55.4 Å². The van der Waals surface area contributed by atoms with Gasteiger partial charge in [0.15, 0.2) is 0 Å². The first-order valence-corrected chi connectivity index (χ1v) is 13.3. The van der Waals surface area contributed by atoms with Gasteiger partial charge in [-0.1, -0.05) is 0 Å². The van der Waals surface area contributed by atoms with Crippen LogP contribution < -0.4 is 0 Å². The van der Waals surface area contributed by atoms with Gasteiger partial charge in [0.2, 0.25) is 0 Å². The lowest BCUT2D eigenvalue weighted by atomic mass is 10.1. The number of aromatic nitrogens is 4. The molecule has 2 aromatic heterocycles. The first-order valence-electron chi connectivity index (χ1n) is 11.1. The summed E-state index contributed by atoms with van der Waals surface area (Å²) in [5, 5.41) is 11.1. The summed E-state index contributed by atoms with van der Waals surface area (Å²) in [5.74, 6) is 2.87. The highest BCUT2D eigenvalue weighted by atomic mass is 127. The SMILES string of the molecule is Fc1ccc2nn(CCC3CC3C3CC3CCn3nc(I)c4cc(F)ccc43)c(I)c2c1. The Morgan fingerprint density at radius 1 is 0.812 bits per heavy atom. The molecular formula is C24H22F2I2N4. The van der Waals surface area contributed by atoms with Crippen LogP contribution in [-0.2, 0) is 13.1 Å². The zero-order valence-electron chi connectivity index (χ0n) is 17.3. The molecule has 2 heterocycles. The highest BCUT2D eigenvalue weighted by Gasteiger charge is 2.52. The fourth-order valence-corrected chi connectivity index (χ4v) is 6.81. The van der Waals surface area contributed by atoms with Crippen LogP contribution >= 0.6 is 45.2 Å². The Morgan fingerprint density at radius 2 is 1.44 bits per heavy atom. The van der Waals surface area contributed by atoms with Crippen molar-refractivity contribution in [1.29, 1.82) is 0 Å². The number of hydrogen-bond acceptors (Lipinski definition) is 2. The molecular weight excluding hydrogens is 636 g/mol. The second-order valence-electron chi connectivity index (χ2n) is 9.25. The van der Waals surface area contributed by atoms with Crippen LogP contribution in [0, 0.1) is 42.7 Å². The van der Waals surface area contributed by atoms with E-state index in [1.54, 1.807) is 18.2 Å². The van der Waals surface area contributed by atoms with Gasteiger partial charge in [-0.25, -0.2) is 8.78 Å². The van der Waals surface area contributed by atoms with E-state index in [0.29, 0.717) is 0 Å². The van der Waals surface area contributed by atoms with Gasteiger partial charge in [-0.3, -0.25) is 9.36 Å². The molecule has 2 aliphatic rings. The molecule has 166 valence electrons. The summed E-state index contributed by atoms with van der Waals surface area (Å²) in [6.45, 7) is 1.81. The molecule has 0 radical (unpaired) electrons. The average Bonchev–Trinajstić information content (AvgIpc) is 3.67. The van der Waals surface area contributed by atoms with E-state index < -0.39 is 0 Å². The lowest BCUT2D eigenvalue weighted by Crippen LogP contribution is -2.04. The van der Waals surface area contributed by atoms with Crippen molar-refractivity contribution in [3.63, 3.8) is 0 Å². The number of halogens is 4. The van der Waals surface area contributed by atoms with Crippen molar-refractivity contribution in [2.45, 2.75) is 38.8 Å². The minimum Gasteiger partial charge on any atom is -0.264 e. The van der Waals surface area contributed by atoms with Crippen LogP contribution in [0.5, 0.6) is 0 Å². The third-order valence-corrected chi connectivity index (χ3v) is 9.17. The van der Waals surface area contributed by atoms with E-state index in [1.165, 1.54) is 25.0 Å². The van der Waals surface area contributed by atoms with E-state index in [2.05, 4.69) is 55.4 Å². The predicted molar refractivity (Wildman–Crippen MR) is 137 cm³/mol. The van der Waals surface area contributed by atoms with Gasteiger partial charge >= 0.3 is 0 Å². The van der Waals surface area contributed by atoms with E-state index in [9.17, 15) is 8.78 Å². The summed E-state index contributed by atoms with van der Waals surface area (Å²) < 4.78 is 33.1. The Hall–Kier alpha value is -1.30. The molecule has 6 rings (SSSR count). The molecule has 0 N–H and O–H groups in total. The lowest BCUT2D eigenvalue weighted by Gasteiger charge is -2.05. The molecule has 4 atom stereocenters. The molecule has 2 aliphatic carbocycles. The highest BCUT2D eigenvalue weighted by molar-refractivity contribution is 14.1. The van der Waals surface area contributed by atoms with Crippen molar-refractivity contribution >= 4 is 67.0 Å². The van der Waals surface area contributed by atoms with Gasteiger partial charge in [0.1, 0.15) is 19.0 Å². The Labute approximate surface area is 212 Å². The summed E-state index contributed by atoms with van der Waals surface area (Å²) >= 11 is 4.47. The molecule has 0 bridgehead atoms. The normalized spacial score (nSPS) is 24.5. The molecule has 32 heavy (non-hydrogen) atoms. The lowest BCUT2D eigenvalue weighted by molar-refractivity contribution is 0.474. The van der Waals surface area contributed by atoms with Crippen LogP contribution in [0.15, 0.2) is 36.4 Å². The van der Waals surface area contributed by atoms with Gasteiger partial charge in [0, 0.05) is 23.9 Å². The average molecular weight is 658 g/mol. The van der Waals surface area contributed by atoms with Crippen LogP contribution in [0.3, 0.4) is 0 Å². The van der Waals surface area contributed by atoms with E-state index in [4.69, 9.17) is 0 Å². The Bertz CT molecular complexity index is 1330. The molecule has 4 unspecified atom stereocenters. The van der Waals surface area contributed by atoms with Gasteiger partial charge in [0.25, 0.3) is 0 Å². The highest BCUT2D eigenvalue weighted by Crippen LogP contribution is 2.60. The maximum atomic E-state index is 13.5. The summed E-state index contributed by atoms with van der Waals surface area (Å²) in [7, 11) is 0. The number of hydrogen-bond donors (Lipinski definition) is 0. The zero-order valence-corrected chi connectivity index (χ0v) is 21.6. The minimum absolute atomic E-state index is 0.206. The third-order valence-electron chi connectivity index (χ3n) is 7.23. The smallest absolute Gasteiger partial charge is 0.131 e. The molecule has 8 heteroatoms. The van der Waals surface area contributed by atoms with Crippen molar-refractivity contribution in [3.8, 4) is 0 Å².